The Morgan fingerprint density at radius 2 is 2.15 bits per heavy atom. The molecule has 1 aliphatic heterocycles. The Morgan fingerprint density at radius 3 is 2.92 bits per heavy atom. The molecule has 1 aliphatic rings. The lowest BCUT2D eigenvalue weighted by Crippen LogP contribution is -2.08. The Hall–Kier alpha value is -2.87. The molecule has 1 N–H and O–H groups in total. The SMILES string of the molecule is Cc1occc1-c1nnc(SCC(=O)c2ccc3c(c2)[C@H](C)C(=O)N3)o1. The number of nitrogens with one attached hydrogen (secondary N) is 1. The number of ketones is 1. The first-order chi connectivity index (χ1) is 12.5. The van der Waals surface area contributed by atoms with Crippen molar-refractivity contribution < 1.29 is 18.4 Å². The van der Waals surface area contributed by atoms with Crippen LogP contribution in [0.4, 0.5) is 5.69 Å². The van der Waals surface area contributed by atoms with E-state index in [0.717, 1.165) is 16.8 Å². The number of hydrogen-bond acceptors (Lipinski definition) is 7. The zero-order valence-corrected chi connectivity index (χ0v) is 14.9. The molecule has 8 heteroatoms. The molecule has 26 heavy (non-hydrogen) atoms. The first-order valence-corrected chi connectivity index (χ1v) is 9.00. The van der Waals surface area contributed by atoms with Gasteiger partial charge in [-0.3, -0.25) is 9.59 Å². The highest BCUT2D eigenvalue weighted by Crippen LogP contribution is 2.33. The van der Waals surface area contributed by atoms with Crippen LogP contribution in [-0.2, 0) is 4.79 Å². The lowest BCUT2D eigenvalue weighted by atomic mass is 9.99. The van der Waals surface area contributed by atoms with Gasteiger partial charge in [0.25, 0.3) is 11.1 Å². The Bertz CT molecular complexity index is 1010. The fourth-order valence-corrected chi connectivity index (χ4v) is 3.44. The van der Waals surface area contributed by atoms with Gasteiger partial charge in [0.15, 0.2) is 5.78 Å². The van der Waals surface area contributed by atoms with E-state index in [1.54, 1.807) is 30.5 Å². The Balaban J connectivity index is 1.44. The second-order valence-corrected chi connectivity index (χ2v) is 6.91. The third kappa shape index (κ3) is 2.92. The standard InChI is InChI=1S/C18H15N3O4S/c1-9-13-7-11(3-4-14(13)19-16(9)23)15(22)8-26-18-21-20-17(25-18)12-5-6-24-10(12)2/h3-7,9H,8H2,1-2H3,(H,19,23)/t9-/m0/s1. The molecule has 1 aromatic carbocycles. The van der Waals surface area contributed by atoms with E-state index in [-0.39, 0.29) is 23.4 Å². The summed E-state index contributed by atoms with van der Waals surface area (Å²) in [6.07, 6.45) is 1.56. The highest BCUT2D eigenvalue weighted by Gasteiger charge is 2.27. The van der Waals surface area contributed by atoms with E-state index < -0.39 is 0 Å². The monoisotopic (exact) mass is 369 g/mol. The molecular weight excluding hydrogens is 354 g/mol. The molecule has 1 amide bonds. The summed E-state index contributed by atoms with van der Waals surface area (Å²) >= 11 is 1.18. The van der Waals surface area contributed by atoms with Crippen molar-refractivity contribution in [2.24, 2.45) is 0 Å². The van der Waals surface area contributed by atoms with Crippen LogP contribution in [-0.4, -0.2) is 27.6 Å². The molecule has 0 aliphatic carbocycles. The van der Waals surface area contributed by atoms with Gasteiger partial charge in [0.1, 0.15) is 5.76 Å². The van der Waals surface area contributed by atoms with E-state index in [4.69, 9.17) is 8.83 Å². The van der Waals surface area contributed by atoms with E-state index >= 15 is 0 Å². The van der Waals surface area contributed by atoms with Crippen molar-refractivity contribution >= 4 is 29.1 Å². The Labute approximate surface area is 153 Å². The summed E-state index contributed by atoms with van der Waals surface area (Å²) in [5.74, 6) is 0.858. The van der Waals surface area contributed by atoms with Crippen LogP contribution in [0.25, 0.3) is 11.5 Å². The van der Waals surface area contributed by atoms with Gasteiger partial charge < -0.3 is 14.2 Å². The molecule has 0 unspecified atom stereocenters. The second-order valence-electron chi connectivity index (χ2n) is 5.99. The third-order valence-corrected chi connectivity index (χ3v) is 5.13. The van der Waals surface area contributed by atoms with Crippen LogP contribution in [0.2, 0.25) is 0 Å². The number of aromatic nitrogens is 2. The van der Waals surface area contributed by atoms with Crippen molar-refractivity contribution in [2.75, 3.05) is 11.1 Å². The minimum Gasteiger partial charge on any atom is -0.469 e. The van der Waals surface area contributed by atoms with Gasteiger partial charge in [-0.05, 0) is 43.7 Å². The summed E-state index contributed by atoms with van der Waals surface area (Å²) in [6.45, 7) is 3.63. The third-order valence-electron chi connectivity index (χ3n) is 4.31. The summed E-state index contributed by atoms with van der Waals surface area (Å²) in [4.78, 5) is 24.2. The van der Waals surface area contributed by atoms with Gasteiger partial charge in [-0.1, -0.05) is 11.8 Å². The quantitative estimate of drug-likeness (QED) is 0.541. The van der Waals surface area contributed by atoms with Crippen LogP contribution in [0.5, 0.6) is 0 Å². The van der Waals surface area contributed by atoms with Crippen molar-refractivity contribution in [3.63, 3.8) is 0 Å². The Morgan fingerprint density at radius 1 is 1.31 bits per heavy atom. The molecule has 0 fully saturated rings. The number of rotatable bonds is 5. The maximum absolute atomic E-state index is 12.5. The van der Waals surface area contributed by atoms with Crippen molar-refractivity contribution in [1.29, 1.82) is 0 Å². The molecule has 0 bridgehead atoms. The second kappa shape index (κ2) is 6.45. The average molecular weight is 369 g/mol. The van der Waals surface area contributed by atoms with Gasteiger partial charge >= 0.3 is 0 Å². The fraction of sp³-hybridized carbons (Fsp3) is 0.222. The molecule has 132 valence electrons. The van der Waals surface area contributed by atoms with Crippen LogP contribution in [0.1, 0.15) is 34.5 Å². The molecule has 4 rings (SSSR count). The highest BCUT2D eigenvalue weighted by atomic mass is 32.2. The number of Topliss-reactive ketones (excluding diaryl/α,β-unsaturated/α-hetero) is 1. The summed E-state index contributed by atoms with van der Waals surface area (Å²) in [5.41, 5.74) is 2.91. The fourth-order valence-electron chi connectivity index (χ4n) is 2.78. The summed E-state index contributed by atoms with van der Waals surface area (Å²) in [6, 6.07) is 7.01. The predicted molar refractivity (Wildman–Crippen MR) is 95.3 cm³/mol. The molecular formula is C18H15N3O4S. The first kappa shape index (κ1) is 16.6. The van der Waals surface area contributed by atoms with Crippen molar-refractivity contribution in [3.8, 4) is 11.5 Å². The van der Waals surface area contributed by atoms with Gasteiger partial charge in [-0.25, -0.2) is 0 Å². The largest absolute Gasteiger partial charge is 0.469 e. The van der Waals surface area contributed by atoms with Crippen LogP contribution >= 0.6 is 11.8 Å². The summed E-state index contributed by atoms with van der Waals surface area (Å²) < 4.78 is 10.8. The Kier molecular flexibility index (Phi) is 4.12. The molecule has 7 nitrogen and oxygen atoms in total. The number of anilines is 1. The lowest BCUT2D eigenvalue weighted by molar-refractivity contribution is -0.116. The van der Waals surface area contributed by atoms with E-state index in [9.17, 15) is 9.59 Å². The highest BCUT2D eigenvalue weighted by molar-refractivity contribution is 7.99. The number of thioether (sulfide) groups is 1. The zero-order chi connectivity index (χ0) is 18.3. The minimum absolute atomic E-state index is 0.0492. The number of fused-ring (bicyclic) bond motifs is 1. The molecule has 3 aromatic rings. The molecule has 0 saturated carbocycles. The van der Waals surface area contributed by atoms with Crippen LogP contribution in [0, 0.1) is 6.92 Å². The first-order valence-electron chi connectivity index (χ1n) is 8.01. The van der Waals surface area contributed by atoms with E-state index in [2.05, 4.69) is 15.5 Å². The number of nitrogens with zero attached hydrogens (tertiary/aromatic N) is 2. The number of aryl methyl sites for hydroxylation is 1. The van der Waals surface area contributed by atoms with Crippen LogP contribution in [0.15, 0.2) is 44.6 Å². The van der Waals surface area contributed by atoms with Crippen molar-refractivity contribution in [1.82, 2.24) is 10.2 Å². The van der Waals surface area contributed by atoms with Gasteiger partial charge in [0.05, 0.1) is 23.5 Å². The normalized spacial score (nSPS) is 15.8. The number of amides is 1. The van der Waals surface area contributed by atoms with E-state index in [1.807, 2.05) is 13.8 Å². The molecule has 0 saturated heterocycles. The topological polar surface area (TPSA) is 98.2 Å². The predicted octanol–water partition coefficient (Wildman–Crippen LogP) is 3.67. The summed E-state index contributed by atoms with van der Waals surface area (Å²) in [5, 5.41) is 11.1. The van der Waals surface area contributed by atoms with Crippen LogP contribution in [0.3, 0.4) is 0 Å². The molecule has 0 spiro atoms. The molecule has 1 atom stereocenters. The number of hydrogen-bond donors (Lipinski definition) is 1. The zero-order valence-electron chi connectivity index (χ0n) is 14.1. The maximum atomic E-state index is 12.5. The van der Waals surface area contributed by atoms with E-state index in [1.165, 1.54) is 11.8 Å². The number of furan rings is 1. The minimum atomic E-state index is -0.248. The van der Waals surface area contributed by atoms with Gasteiger partial charge in [-0.15, -0.1) is 10.2 Å². The smallest absolute Gasteiger partial charge is 0.277 e. The van der Waals surface area contributed by atoms with E-state index in [0.29, 0.717) is 22.4 Å². The average Bonchev–Trinajstić information content (AvgIpc) is 3.33. The molecule has 3 heterocycles. The number of carbonyl (C=O) groups excluding carboxylic acids is 2. The number of carbonyl (C=O) groups is 2. The molecule has 2 aromatic heterocycles. The number of benzene rings is 1. The van der Waals surface area contributed by atoms with Crippen molar-refractivity contribution in [3.05, 3.63) is 47.4 Å². The van der Waals surface area contributed by atoms with Crippen molar-refractivity contribution in [2.45, 2.75) is 25.0 Å². The molecule has 0 radical (unpaired) electrons. The summed E-state index contributed by atoms with van der Waals surface area (Å²) in [7, 11) is 0. The van der Waals surface area contributed by atoms with Gasteiger partial charge in [0.2, 0.25) is 5.91 Å². The van der Waals surface area contributed by atoms with Gasteiger partial charge in [0, 0.05) is 11.3 Å². The maximum Gasteiger partial charge on any atom is 0.277 e. The van der Waals surface area contributed by atoms with Crippen LogP contribution < -0.4 is 5.32 Å². The van der Waals surface area contributed by atoms with Gasteiger partial charge in [-0.2, -0.15) is 0 Å². The lowest BCUT2D eigenvalue weighted by Gasteiger charge is -2.04.